The molecule has 0 saturated heterocycles. The van der Waals surface area contributed by atoms with E-state index in [1.807, 2.05) is 0 Å². The average molecular weight is 511 g/mol. The molecule has 0 heterocycles. The molecule has 0 unspecified atom stereocenters. The summed E-state index contributed by atoms with van der Waals surface area (Å²) in [5.74, 6) is -4.65. The lowest BCUT2D eigenvalue weighted by Gasteiger charge is -2.44. The second-order valence-corrected chi connectivity index (χ2v) is 9.76. The van der Waals surface area contributed by atoms with Crippen molar-refractivity contribution < 1.29 is 19.5 Å². The SMILES string of the molecule is C[C@]1(O)CC(=O)[C@H](C(=O)Nc2ccc(Cl)cc2)[C@@H](c2ccccc2)[C@H]1C(=O)Nc1ccc(Cl)cc1. The Morgan fingerprint density at radius 1 is 0.829 bits per heavy atom. The van der Waals surface area contributed by atoms with E-state index in [0.717, 1.165) is 0 Å². The highest BCUT2D eigenvalue weighted by atomic mass is 35.5. The van der Waals surface area contributed by atoms with Gasteiger partial charge in [0.2, 0.25) is 11.8 Å². The van der Waals surface area contributed by atoms with Crippen LogP contribution >= 0.6 is 23.2 Å². The number of benzene rings is 3. The fourth-order valence-corrected chi connectivity index (χ4v) is 4.93. The van der Waals surface area contributed by atoms with E-state index in [-0.39, 0.29) is 6.42 Å². The molecule has 1 saturated carbocycles. The molecule has 2 amide bonds. The number of hydrogen-bond donors (Lipinski definition) is 3. The molecular formula is C27H24Cl2N2O4. The van der Waals surface area contributed by atoms with E-state index in [9.17, 15) is 19.5 Å². The Labute approximate surface area is 213 Å². The summed E-state index contributed by atoms with van der Waals surface area (Å²) >= 11 is 11.9. The van der Waals surface area contributed by atoms with Crippen LogP contribution in [0.3, 0.4) is 0 Å². The highest BCUT2D eigenvalue weighted by Gasteiger charge is 2.55. The van der Waals surface area contributed by atoms with Gasteiger partial charge < -0.3 is 15.7 Å². The molecule has 35 heavy (non-hydrogen) atoms. The molecule has 3 aromatic rings. The third-order valence-electron chi connectivity index (χ3n) is 6.24. The van der Waals surface area contributed by atoms with Gasteiger partial charge in [-0.05, 0) is 61.0 Å². The minimum absolute atomic E-state index is 0.340. The molecule has 3 N–H and O–H groups in total. The number of aliphatic hydroxyl groups is 1. The van der Waals surface area contributed by atoms with Crippen molar-refractivity contribution in [3.63, 3.8) is 0 Å². The van der Waals surface area contributed by atoms with Crippen molar-refractivity contribution in [3.05, 3.63) is 94.5 Å². The fourth-order valence-electron chi connectivity index (χ4n) is 4.67. The molecule has 180 valence electrons. The second-order valence-electron chi connectivity index (χ2n) is 8.88. The number of anilines is 2. The smallest absolute Gasteiger partial charge is 0.235 e. The number of ketones is 1. The van der Waals surface area contributed by atoms with E-state index in [0.29, 0.717) is 27.0 Å². The van der Waals surface area contributed by atoms with Crippen LogP contribution in [-0.4, -0.2) is 28.3 Å². The molecule has 6 nitrogen and oxygen atoms in total. The minimum atomic E-state index is -1.68. The first kappa shape index (κ1) is 24.9. The van der Waals surface area contributed by atoms with Crippen LogP contribution in [0.4, 0.5) is 11.4 Å². The van der Waals surface area contributed by atoms with Gasteiger partial charge in [0, 0.05) is 33.8 Å². The van der Waals surface area contributed by atoms with Gasteiger partial charge in [0.1, 0.15) is 11.7 Å². The van der Waals surface area contributed by atoms with Gasteiger partial charge in [-0.15, -0.1) is 0 Å². The van der Waals surface area contributed by atoms with Crippen LogP contribution in [0.2, 0.25) is 10.0 Å². The molecule has 4 rings (SSSR count). The molecule has 0 radical (unpaired) electrons. The van der Waals surface area contributed by atoms with Crippen molar-refractivity contribution in [1.82, 2.24) is 0 Å². The van der Waals surface area contributed by atoms with Crippen LogP contribution < -0.4 is 10.6 Å². The highest BCUT2D eigenvalue weighted by molar-refractivity contribution is 6.31. The predicted molar refractivity (Wildman–Crippen MR) is 137 cm³/mol. The Hall–Kier alpha value is -3.19. The van der Waals surface area contributed by atoms with Crippen molar-refractivity contribution in [2.75, 3.05) is 10.6 Å². The number of rotatable bonds is 5. The lowest BCUT2D eigenvalue weighted by Crippen LogP contribution is -2.56. The normalized spacial score (nSPS) is 24.0. The van der Waals surface area contributed by atoms with E-state index in [1.54, 1.807) is 78.9 Å². The fraction of sp³-hybridized carbons (Fsp3) is 0.222. The van der Waals surface area contributed by atoms with Gasteiger partial charge in [0.15, 0.2) is 0 Å². The number of Topliss-reactive ketones (excluding diaryl/α,β-unsaturated/α-hetero) is 1. The average Bonchev–Trinajstić information content (AvgIpc) is 2.81. The van der Waals surface area contributed by atoms with Crippen LogP contribution in [0.5, 0.6) is 0 Å². The van der Waals surface area contributed by atoms with Crippen molar-refractivity contribution in [2.24, 2.45) is 11.8 Å². The van der Waals surface area contributed by atoms with Crippen molar-refractivity contribution in [2.45, 2.75) is 24.9 Å². The summed E-state index contributed by atoms with van der Waals surface area (Å²) in [6.07, 6.45) is -0.340. The molecule has 8 heteroatoms. The monoisotopic (exact) mass is 510 g/mol. The molecule has 3 aromatic carbocycles. The quantitative estimate of drug-likeness (QED) is 0.405. The van der Waals surface area contributed by atoms with Gasteiger partial charge in [0.25, 0.3) is 0 Å². The van der Waals surface area contributed by atoms with Gasteiger partial charge in [-0.3, -0.25) is 14.4 Å². The van der Waals surface area contributed by atoms with Gasteiger partial charge in [-0.25, -0.2) is 0 Å². The summed E-state index contributed by atoms with van der Waals surface area (Å²) in [7, 11) is 0. The number of amides is 2. The number of carbonyl (C=O) groups is 3. The topological polar surface area (TPSA) is 95.5 Å². The maximum absolute atomic E-state index is 13.6. The Kier molecular flexibility index (Phi) is 7.26. The number of halogens is 2. The number of carbonyl (C=O) groups excluding carboxylic acids is 3. The van der Waals surface area contributed by atoms with E-state index >= 15 is 0 Å². The van der Waals surface area contributed by atoms with Gasteiger partial charge >= 0.3 is 0 Å². The van der Waals surface area contributed by atoms with Gasteiger partial charge in [-0.2, -0.15) is 0 Å². The molecule has 0 bridgehead atoms. The van der Waals surface area contributed by atoms with Crippen LogP contribution in [-0.2, 0) is 14.4 Å². The van der Waals surface area contributed by atoms with Gasteiger partial charge in [0.05, 0.1) is 11.5 Å². The molecular weight excluding hydrogens is 487 g/mol. The minimum Gasteiger partial charge on any atom is -0.389 e. The van der Waals surface area contributed by atoms with Crippen LogP contribution in [0, 0.1) is 11.8 Å². The number of hydrogen-bond acceptors (Lipinski definition) is 4. The zero-order valence-electron chi connectivity index (χ0n) is 18.9. The van der Waals surface area contributed by atoms with E-state index in [1.165, 1.54) is 6.92 Å². The molecule has 0 spiro atoms. The first-order chi connectivity index (χ1) is 16.7. The lowest BCUT2D eigenvalue weighted by atomic mass is 9.61. The number of nitrogens with one attached hydrogen (secondary N) is 2. The maximum Gasteiger partial charge on any atom is 0.235 e. The van der Waals surface area contributed by atoms with Gasteiger partial charge in [-0.1, -0.05) is 53.5 Å². The van der Waals surface area contributed by atoms with E-state index in [2.05, 4.69) is 10.6 Å². The largest absolute Gasteiger partial charge is 0.389 e. The maximum atomic E-state index is 13.6. The molecule has 4 atom stereocenters. The summed E-state index contributed by atoms with van der Waals surface area (Å²) in [6, 6.07) is 21.9. The third kappa shape index (κ3) is 5.56. The van der Waals surface area contributed by atoms with Crippen LogP contribution in [0.15, 0.2) is 78.9 Å². The summed E-state index contributed by atoms with van der Waals surface area (Å²) in [6.45, 7) is 1.46. The van der Waals surface area contributed by atoms with Crippen LogP contribution in [0.1, 0.15) is 24.8 Å². The molecule has 1 aliphatic carbocycles. The van der Waals surface area contributed by atoms with Crippen molar-refractivity contribution >= 4 is 52.2 Å². The molecule has 0 aliphatic heterocycles. The summed E-state index contributed by atoms with van der Waals surface area (Å²) < 4.78 is 0. The Bertz CT molecular complexity index is 1230. The summed E-state index contributed by atoms with van der Waals surface area (Å²) in [5.41, 5.74) is -0.113. The standard InChI is InChI=1S/C27H24Cl2N2O4/c1-27(35)15-21(32)23(25(33)30-19-11-7-17(28)8-12-19)22(16-5-3-2-4-6-16)24(27)26(34)31-20-13-9-18(29)10-14-20/h2-14,22-24,35H,15H2,1H3,(H,30,33)(H,31,34)/t22-,23+,24+,27+/m1/s1. The first-order valence-electron chi connectivity index (χ1n) is 11.1. The first-order valence-corrected chi connectivity index (χ1v) is 11.8. The highest BCUT2D eigenvalue weighted by Crippen LogP contribution is 2.46. The summed E-state index contributed by atoms with van der Waals surface area (Å²) in [4.78, 5) is 40.2. The Balaban J connectivity index is 1.73. The summed E-state index contributed by atoms with van der Waals surface area (Å²) in [5, 5.41) is 17.9. The zero-order chi connectivity index (χ0) is 25.2. The van der Waals surface area contributed by atoms with Crippen molar-refractivity contribution in [3.8, 4) is 0 Å². The third-order valence-corrected chi connectivity index (χ3v) is 6.74. The lowest BCUT2D eigenvalue weighted by molar-refractivity contribution is -0.150. The van der Waals surface area contributed by atoms with E-state index < -0.39 is 41.0 Å². The Morgan fingerprint density at radius 3 is 1.83 bits per heavy atom. The second kappa shape index (κ2) is 10.2. The van der Waals surface area contributed by atoms with E-state index in [4.69, 9.17) is 23.2 Å². The zero-order valence-corrected chi connectivity index (χ0v) is 20.4. The Morgan fingerprint density at radius 2 is 1.31 bits per heavy atom. The molecule has 1 aliphatic rings. The predicted octanol–water partition coefficient (Wildman–Crippen LogP) is 5.31. The molecule has 0 aromatic heterocycles. The van der Waals surface area contributed by atoms with Crippen molar-refractivity contribution in [1.29, 1.82) is 0 Å². The molecule has 1 fully saturated rings. The van der Waals surface area contributed by atoms with Crippen LogP contribution in [0.25, 0.3) is 0 Å².